The van der Waals surface area contributed by atoms with Crippen molar-refractivity contribution >= 4 is 39.0 Å². The molecule has 2 heterocycles. The summed E-state index contributed by atoms with van der Waals surface area (Å²) in [5, 5.41) is 2.72. The molecule has 34 heavy (non-hydrogen) atoms. The van der Waals surface area contributed by atoms with E-state index in [4.69, 9.17) is 4.74 Å². The van der Waals surface area contributed by atoms with Crippen LogP contribution in [-0.2, 0) is 29.8 Å². The van der Waals surface area contributed by atoms with Gasteiger partial charge in [-0.25, -0.2) is 8.42 Å². The van der Waals surface area contributed by atoms with E-state index in [1.807, 2.05) is 0 Å². The number of sulfonamides is 1. The van der Waals surface area contributed by atoms with Crippen LogP contribution in [-0.4, -0.2) is 63.2 Å². The highest BCUT2D eigenvalue weighted by Gasteiger charge is 2.45. The minimum Gasteiger partial charge on any atom is -0.379 e. The van der Waals surface area contributed by atoms with Crippen LogP contribution in [0, 0.1) is 0 Å². The minimum absolute atomic E-state index is 0.112. The van der Waals surface area contributed by atoms with Crippen LogP contribution in [0.4, 0.5) is 11.4 Å². The number of carbonyl (C=O) groups is 3. The molecule has 1 N–H and O–H groups in total. The number of benzene rings is 2. The van der Waals surface area contributed by atoms with Crippen molar-refractivity contribution < 1.29 is 27.5 Å². The second-order valence-electron chi connectivity index (χ2n) is 8.90. The van der Waals surface area contributed by atoms with Gasteiger partial charge in [-0.05, 0) is 56.7 Å². The first kappa shape index (κ1) is 24.1. The predicted octanol–water partition coefficient (Wildman–Crippen LogP) is 2.17. The normalized spacial score (nSPS) is 18.0. The molecule has 2 aromatic carbocycles. The summed E-state index contributed by atoms with van der Waals surface area (Å²) in [5.41, 5.74) is 0.980. The number of Topliss-reactive ketones (excluding diaryl/α,β-unsaturated/α-hetero) is 1. The van der Waals surface area contributed by atoms with E-state index in [1.165, 1.54) is 28.3 Å². The number of amides is 2. The maximum atomic E-state index is 13.2. The van der Waals surface area contributed by atoms with E-state index in [9.17, 15) is 22.8 Å². The quantitative estimate of drug-likeness (QED) is 0.628. The maximum absolute atomic E-state index is 13.2. The molecule has 4 rings (SSSR count). The Morgan fingerprint density at radius 1 is 1.09 bits per heavy atom. The summed E-state index contributed by atoms with van der Waals surface area (Å²) in [6.07, 6.45) is 0. The lowest BCUT2D eigenvalue weighted by Gasteiger charge is -2.26. The van der Waals surface area contributed by atoms with Crippen LogP contribution >= 0.6 is 0 Å². The second kappa shape index (κ2) is 8.94. The average molecular weight is 486 g/mol. The van der Waals surface area contributed by atoms with E-state index in [1.54, 1.807) is 44.2 Å². The SMILES string of the molecule is CC(=O)c1cccc(NC(=O)CN2C(=O)C(C)(C)c3cc(S(=O)(=O)N4CCOCC4)ccc32)c1. The number of rotatable bonds is 6. The van der Waals surface area contributed by atoms with Gasteiger partial charge in [-0.1, -0.05) is 12.1 Å². The van der Waals surface area contributed by atoms with Gasteiger partial charge in [-0.3, -0.25) is 14.4 Å². The Morgan fingerprint density at radius 2 is 1.79 bits per heavy atom. The van der Waals surface area contributed by atoms with Gasteiger partial charge in [0.1, 0.15) is 6.54 Å². The van der Waals surface area contributed by atoms with Crippen LogP contribution in [0.5, 0.6) is 0 Å². The van der Waals surface area contributed by atoms with Crippen LogP contribution in [0.2, 0.25) is 0 Å². The number of fused-ring (bicyclic) bond motifs is 1. The molecule has 180 valence electrons. The molecule has 0 aromatic heterocycles. The Morgan fingerprint density at radius 3 is 2.47 bits per heavy atom. The lowest BCUT2D eigenvalue weighted by Crippen LogP contribution is -2.41. The van der Waals surface area contributed by atoms with E-state index < -0.39 is 21.3 Å². The van der Waals surface area contributed by atoms with Crippen molar-refractivity contribution in [2.45, 2.75) is 31.1 Å². The van der Waals surface area contributed by atoms with Gasteiger partial charge in [0.05, 0.1) is 23.5 Å². The third kappa shape index (κ3) is 4.36. The van der Waals surface area contributed by atoms with Gasteiger partial charge in [0, 0.05) is 30.0 Å². The lowest BCUT2D eigenvalue weighted by molar-refractivity contribution is -0.124. The number of hydrogen-bond donors (Lipinski definition) is 1. The van der Waals surface area contributed by atoms with Crippen molar-refractivity contribution in [3.63, 3.8) is 0 Å². The van der Waals surface area contributed by atoms with Gasteiger partial charge in [0.15, 0.2) is 5.78 Å². The number of morpholine rings is 1. The van der Waals surface area contributed by atoms with Crippen LogP contribution in [0.25, 0.3) is 0 Å². The third-order valence-electron chi connectivity index (χ3n) is 6.17. The molecule has 0 radical (unpaired) electrons. The molecule has 0 unspecified atom stereocenters. The van der Waals surface area contributed by atoms with E-state index in [2.05, 4.69) is 5.32 Å². The third-order valence-corrected chi connectivity index (χ3v) is 8.07. The van der Waals surface area contributed by atoms with Gasteiger partial charge in [-0.2, -0.15) is 4.31 Å². The van der Waals surface area contributed by atoms with E-state index >= 15 is 0 Å². The molecule has 2 aliphatic heterocycles. The monoisotopic (exact) mass is 485 g/mol. The zero-order valence-electron chi connectivity index (χ0n) is 19.3. The maximum Gasteiger partial charge on any atom is 0.244 e. The lowest BCUT2D eigenvalue weighted by atomic mass is 9.86. The fraction of sp³-hybridized carbons (Fsp3) is 0.375. The summed E-state index contributed by atoms with van der Waals surface area (Å²) in [5.74, 6) is -0.844. The van der Waals surface area contributed by atoms with Crippen LogP contribution in [0.3, 0.4) is 0 Å². The Balaban J connectivity index is 1.58. The number of anilines is 2. The molecule has 0 bridgehead atoms. The van der Waals surface area contributed by atoms with Crippen LogP contribution in [0.1, 0.15) is 36.7 Å². The number of nitrogens with one attached hydrogen (secondary N) is 1. The molecular weight excluding hydrogens is 458 g/mol. The fourth-order valence-electron chi connectivity index (χ4n) is 4.23. The van der Waals surface area contributed by atoms with Crippen LogP contribution in [0.15, 0.2) is 47.4 Å². The zero-order valence-corrected chi connectivity index (χ0v) is 20.1. The van der Waals surface area contributed by atoms with Crippen molar-refractivity contribution in [1.29, 1.82) is 0 Å². The molecule has 1 fully saturated rings. The molecule has 9 nitrogen and oxygen atoms in total. The summed E-state index contributed by atoms with van der Waals surface area (Å²) >= 11 is 0. The van der Waals surface area contributed by atoms with Crippen LogP contribution < -0.4 is 10.2 Å². The Bertz CT molecular complexity index is 1270. The highest BCUT2D eigenvalue weighted by molar-refractivity contribution is 7.89. The smallest absolute Gasteiger partial charge is 0.244 e. The highest BCUT2D eigenvalue weighted by atomic mass is 32.2. The van der Waals surface area contributed by atoms with Crippen molar-refractivity contribution in [2.24, 2.45) is 0 Å². The van der Waals surface area contributed by atoms with E-state index in [-0.39, 0.29) is 36.2 Å². The van der Waals surface area contributed by atoms with E-state index in [0.717, 1.165) is 0 Å². The number of ether oxygens (including phenoxy) is 1. The molecule has 0 aliphatic carbocycles. The highest BCUT2D eigenvalue weighted by Crippen LogP contribution is 2.42. The first-order valence-corrected chi connectivity index (χ1v) is 12.4. The number of ketones is 1. The first-order chi connectivity index (χ1) is 16.0. The van der Waals surface area contributed by atoms with Gasteiger partial charge < -0.3 is 15.0 Å². The molecule has 2 amide bonds. The van der Waals surface area contributed by atoms with Crippen molar-refractivity contribution in [3.05, 3.63) is 53.6 Å². The summed E-state index contributed by atoms with van der Waals surface area (Å²) in [4.78, 5) is 39.0. The number of carbonyl (C=O) groups excluding carboxylic acids is 3. The zero-order chi connectivity index (χ0) is 24.7. The molecule has 2 aliphatic rings. The fourth-order valence-corrected chi connectivity index (χ4v) is 5.66. The van der Waals surface area contributed by atoms with E-state index in [0.29, 0.717) is 35.7 Å². The molecule has 0 spiro atoms. The van der Waals surface area contributed by atoms with Crippen molar-refractivity contribution in [2.75, 3.05) is 43.1 Å². The molecule has 2 aromatic rings. The Hall–Kier alpha value is -3.08. The summed E-state index contributed by atoms with van der Waals surface area (Å²) in [6, 6.07) is 11.2. The molecular formula is C24H27N3O6S. The molecule has 10 heteroatoms. The van der Waals surface area contributed by atoms with Crippen molar-refractivity contribution in [3.8, 4) is 0 Å². The van der Waals surface area contributed by atoms with Gasteiger partial charge in [-0.15, -0.1) is 0 Å². The molecule has 0 saturated carbocycles. The summed E-state index contributed by atoms with van der Waals surface area (Å²) in [7, 11) is -3.73. The second-order valence-corrected chi connectivity index (χ2v) is 10.8. The molecule has 1 saturated heterocycles. The Labute approximate surface area is 198 Å². The first-order valence-electron chi connectivity index (χ1n) is 11.0. The van der Waals surface area contributed by atoms with Gasteiger partial charge in [0.2, 0.25) is 21.8 Å². The Kier molecular flexibility index (Phi) is 6.32. The number of nitrogens with zero attached hydrogens (tertiary/aromatic N) is 2. The number of hydrogen-bond acceptors (Lipinski definition) is 6. The largest absolute Gasteiger partial charge is 0.379 e. The molecule has 0 atom stereocenters. The standard InChI is InChI=1S/C24H27N3O6S/c1-16(28)17-5-4-6-18(13-17)25-22(29)15-27-21-8-7-19(14-20(21)24(2,3)23(27)30)34(31,32)26-9-11-33-12-10-26/h4-8,13-14H,9-12,15H2,1-3H3,(H,25,29). The average Bonchev–Trinajstić information content (AvgIpc) is 3.00. The minimum atomic E-state index is -3.73. The van der Waals surface area contributed by atoms with Gasteiger partial charge in [0.25, 0.3) is 0 Å². The predicted molar refractivity (Wildman–Crippen MR) is 126 cm³/mol. The van der Waals surface area contributed by atoms with Gasteiger partial charge >= 0.3 is 0 Å². The topological polar surface area (TPSA) is 113 Å². The van der Waals surface area contributed by atoms with Crippen molar-refractivity contribution in [1.82, 2.24) is 4.31 Å². The summed E-state index contributed by atoms with van der Waals surface area (Å²) in [6.45, 7) is 5.86. The summed E-state index contributed by atoms with van der Waals surface area (Å²) < 4.78 is 32.8.